The van der Waals surface area contributed by atoms with Gasteiger partial charge in [0.15, 0.2) is 0 Å². The van der Waals surface area contributed by atoms with E-state index in [0.29, 0.717) is 0 Å². The molecule has 0 fully saturated rings. The van der Waals surface area contributed by atoms with E-state index in [1.54, 1.807) is 7.05 Å². The topological polar surface area (TPSA) is 49.3 Å². The van der Waals surface area contributed by atoms with Crippen molar-refractivity contribution in [3.63, 3.8) is 0 Å². The Hall–Kier alpha value is 0.150. The van der Waals surface area contributed by atoms with Crippen LogP contribution < -0.4 is 5.32 Å². The van der Waals surface area contributed by atoms with E-state index in [9.17, 15) is 4.57 Å². The summed E-state index contributed by atoms with van der Waals surface area (Å²) in [6.45, 7) is 5.23. The molecule has 0 aliphatic carbocycles. The highest BCUT2D eigenvalue weighted by Gasteiger charge is 2.26. The first kappa shape index (κ1) is 10.2. The van der Waals surface area contributed by atoms with Crippen LogP contribution in [0.3, 0.4) is 0 Å². The Labute approximate surface area is 62.3 Å². The molecule has 0 aromatic carbocycles. The van der Waals surface area contributed by atoms with E-state index < -0.39 is 7.37 Å². The molecule has 4 heteroatoms. The number of hydrogen-bond donors (Lipinski definition) is 2. The lowest BCUT2D eigenvalue weighted by atomic mass is 10.2. The van der Waals surface area contributed by atoms with Gasteiger partial charge < -0.3 is 10.2 Å². The Balaban J connectivity index is 4.22. The zero-order valence-corrected chi connectivity index (χ0v) is 7.85. The van der Waals surface area contributed by atoms with Gasteiger partial charge in [0, 0.05) is 6.66 Å². The minimum Gasteiger partial charge on any atom is -0.343 e. The van der Waals surface area contributed by atoms with Gasteiger partial charge in [-0.3, -0.25) is 4.57 Å². The molecule has 1 unspecified atom stereocenters. The summed E-state index contributed by atoms with van der Waals surface area (Å²) in [4.78, 5) is 9.14. The van der Waals surface area contributed by atoms with E-state index in [1.165, 1.54) is 6.66 Å². The molecule has 0 spiro atoms. The molecular formula is C6H16NO2P. The van der Waals surface area contributed by atoms with Gasteiger partial charge in [-0.25, -0.2) is 0 Å². The molecule has 0 saturated heterocycles. The molecule has 0 aromatic rings. The third-order valence-electron chi connectivity index (χ3n) is 1.44. The van der Waals surface area contributed by atoms with Crippen LogP contribution in [0, 0.1) is 5.92 Å². The molecule has 0 amide bonds. The lowest BCUT2D eigenvalue weighted by Crippen LogP contribution is -2.30. The molecule has 0 rings (SSSR count). The maximum atomic E-state index is 11.1. The smallest absolute Gasteiger partial charge is 0.214 e. The predicted octanol–water partition coefficient (Wildman–Crippen LogP) is 1.09. The van der Waals surface area contributed by atoms with E-state index in [-0.39, 0.29) is 11.7 Å². The van der Waals surface area contributed by atoms with Gasteiger partial charge in [0.25, 0.3) is 0 Å². The van der Waals surface area contributed by atoms with Gasteiger partial charge in [0.05, 0.1) is 5.78 Å². The molecule has 2 N–H and O–H groups in total. The lowest BCUT2D eigenvalue weighted by Gasteiger charge is -2.22. The summed E-state index contributed by atoms with van der Waals surface area (Å²) in [5.74, 6) is -0.0710. The van der Waals surface area contributed by atoms with Crippen molar-refractivity contribution in [1.82, 2.24) is 5.32 Å². The third-order valence-corrected chi connectivity index (χ3v) is 3.33. The fourth-order valence-corrected chi connectivity index (χ4v) is 2.71. The zero-order chi connectivity index (χ0) is 8.36. The average molecular weight is 165 g/mol. The third kappa shape index (κ3) is 2.82. The molecule has 0 saturated carbocycles. The molecule has 3 nitrogen and oxygen atoms in total. The fraction of sp³-hybridized carbons (Fsp3) is 1.00. The SMILES string of the molecule is CN[C@@H](C(C)C)P(C)(=O)O. The van der Waals surface area contributed by atoms with Crippen LogP contribution >= 0.6 is 7.37 Å². The molecule has 0 aromatic heterocycles. The van der Waals surface area contributed by atoms with Crippen LogP contribution in [-0.2, 0) is 4.57 Å². The molecule has 0 aliphatic rings. The normalized spacial score (nSPS) is 20.6. The maximum absolute atomic E-state index is 11.1. The Morgan fingerprint density at radius 2 is 1.90 bits per heavy atom. The van der Waals surface area contributed by atoms with Crippen LogP contribution in [0.15, 0.2) is 0 Å². The van der Waals surface area contributed by atoms with Gasteiger partial charge in [-0.15, -0.1) is 0 Å². The van der Waals surface area contributed by atoms with Crippen LogP contribution in [0.2, 0.25) is 0 Å². The van der Waals surface area contributed by atoms with Crippen LogP contribution in [0.4, 0.5) is 0 Å². The van der Waals surface area contributed by atoms with E-state index in [1.807, 2.05) is 13.8 Å². The molecule has 62 valence electrons. The lowest BCUT2D eigenvalue weighted by molar-refractivity contribution is 0.425. The summed E-state index contributed by atoms with van der Waals surface area (Å²) >= 11 is 0. The molecule has 0 radical (unpaired) electrons. The summed E-state index contributed by atoms with van der Waals surface area (Å²) in [5, 5.41) is 2.83. The summed E-state index contributed by atoms with van der Waals surface area (Å²) in [6.07, 6.45) is 0. The van der Waals surface area contributed by atoms with Gasteiger partial charge in [-0.05, 0) is 13.0 Å². The van der Waals surface area contributed by atoms with Crippen LogP contribution in [0.25, 0.3) is 0 Å². The van der Waals surface area contributed by atoms with Crippen molar-refractivity contribution in [2.45, 2.75) is 19.6 Å². The van der Waals surface area contributed by atoms with Crippen molar-refractivity contribution < 1.29 is 9.46 Å². The Morgan fingerprint density at radius 1 is 1.50 bits per heavy atom. The second-order valence-electron chi connectivity index (χ2n) is 2.92. The summed E-state index contributed by atoms with van der Waals surface area (Å²) in [7, 11) is -1.24. The second-order valence-corrected chi connectivity index (χ2v) is 5.36. The van der Waals surface area contributed by atoms with Gasteiger partial charge in [-0.2, -0.15) is 0 Å². The first-order chi connectivity index (χ1) is 4.39. The van der Waals surface area contributed by atoms with Crippen molar-refractivity contribution >= 4 is 7.37 Å². The van der Waals surface area contributed by atoms with E-state index in [2.05, 4.69) is 5.32 Å². The minimum atomic E-state index is -2.94. The average Bonchev–Trinajstić information content (AvgIpc) is 1.60. The molecule has 0 bridgehead atoms. The van der Waals surface area contributed by atoms with Crippen LogP contribution in [0.1, 0.15) is 13.8 Å². The Morgan fingerprint density at radius 3 is 1.90 bits per heavy atom. The van der Waals surface area contributed by atoms with Crippen molar-refractivity contribution in [2.75, 3.05) is 13.7 Å². The molecule has 2 atom stereocenters. The monoisotopic (exact) mass is 165 g/mol. The standard InChI is InChI=1S/C6H16NO2P/c1-5(2)6(7-3)10(4,8)9/h5-7H,1-4H3,(H,8,9)/t6-/m1/s1. The van der Waals surface area contributed by atoms with E-state index >= 15 is 0 Å². The highest BCUT2D eigenvalue weighted by molar-refractivity contribution is 7.57. The molecule has 0 heterocycles. The highest BCUT2D eigenvalue weighted by atomic mass is 31.2. The Bertz CT molecular complexity index is 141. The largest absolute Gasteiger partial charge is 0.343 e. The van der Waals surface area contributed by atoms with E-state index in [0.717, 1.165) is 0 Å². The van der Waals surface area contributed by atoms with E-state index in [4.69, 9.17) is 4.89 Å². The minimum absolute atomic E-state index is 0.200. The molecular weight excluding hydrogens is 149 g/mol. The fourth-order valence-electron chi connectivity index (χ4n) is 1.13. The number of rotatable bonds is 3. The van der Waals surface area contributed by atoms with Crippen molar-refractivity contribution in [3.05, 3.63) is 0 Å². The highest BCUT2D eigenvalue weighted by Crippen LogP contribution is 2.43. The van der Waals surface area contributed by atoms with Crippen molar-refractivity contribution in [3.8, 4) is 0 Å². The van der Waals surface area contributed by atoms with Crippen molar-refractivity contribution in [2.24, 2.45) is 5.92 Å². The zero-order valence-electron chi connectivity index (χ0n) is 6.96. The van der Waals surface area contributed by atoms with Crippen LogP contribution in [-0.4, -0.2) is 24.4 Å². The number of hydrogen-bond acceptors (Lipinski definition) is 2. The number of nitrogens with one attached hydrogen (secondary N) is 1. The van der Waals surface area contributed by atoms with Gasteiger partial charge in [-0.1, -0.05) is 13.8 Å². The summed E-state index contributed by atoms with van der Waals surface area (Å²) in [5.41, 5.74) is 0. The predicted molar refractivity (Wildman–Crippen MR) is 43.4 cm³/mol. The summed E-state index contributed by atoms with van der Waals surface area (Å²) < 4.78 is 11.1. The first-order valence-electron chi connectivity index (χ1n) is 3.36. The quantitative estimate of drug-likeness (QED) is 0.615. The van der Waals surface area contributed by atoms with Crippen LogP contribution in [0.5, 0.6) is 0 Å². The van der Waals surface area contributed by atoms with Gasteiger partial charge >= 0.3 is 0 Å². The van der Waals surface area contributed by atoms with Gasteiger partial charge in [0.2, 0.25) is 7.37 Å². The van der Waals surface area contributed by atoms with Gasteiger partial charge in [0.1, 0.15) is 0 Å². The Kier molecular flexibility index (Phi) is 3.57. The molecule has 0 aliphatic heterocycles. The second kappa shape index (κ2) is 3.51. The van der Waals surface area contributed by atoms with Crippen molar-refractivity contribution in [1.29, 1.82) is 0 Å². The molecule has 10 heavy (non-hydrogen) atoms. The maximum Gasteiger partial charge on any atom is 0.214 e. The summed E-state index contributed by atoms with van der Waals surface area (Å²) in [6, 6.07) is 0. The first-order valence-corrected chi connectivity index (χ1v) is 5.54.